The second-order valence-corrected chi connectivity index (χ2v) is 5.37. The van der Waals surface area contributed by atoms with Gasteiger partial charge in [-0.25, -0.2) is 4.98 Å². The van der Waals surface area contributed by atoms with Crippen molar-refractivity contribution in [3.8, 4) is 5.88 Å². The second kappa shape index (κ2) is 5.50. The summed E-state index contributed by atoms with van der Waals surface area (Å²) in [6.45, 7) is 2.49. The zero-order valence-corrected chi connectivity index (χ0v) is 12.2. The number of hydrogen-bond acceptors (Lipinski definition) is 6. The molecule has 0 bridgehead atoms. The van der Waals surface area contributed by atoms with Gasteiger partial charge in [-0.1, -0.05) is 6.92 Å². The van der Waals surface area contributed by atoms with Gasteiger partial charge in [0, 0.05) is 11.9 Å². The van der Waals surface area contributed by atoms with Crippen molar-refractivity contribution >= 4 is 27.5 Å². The minimum Gasteiger partial charge on any atom is -0.469 e. The van der Waals surface area contributed by atoms with E-state index in [1.165, 1.54) is 4.88 Å². The number of rotatable bonds is 5. The van der Waals surface area contributed by atoms with Crippen molar-refractivity contribution in [2.75, 3.05) is 12.4 Å². The molecular weight excluding hydrogens is 274 g/mol. The Bertz CT molecular complexity index is 707. The van der Waals surface area contributed by atoms with Gasteiger partial charge >= 0.3 is 0 Å². The fourth-order valence-electron chi connectivity index (χ4n) is 1.88. The lowest BCUT2D eigenvalue weighted by Gasteiger charge is -2.06. The molecular formula is C14H15N3O2S. The highest BCUT2D eigenvalue weighted by Gasteiger charge is 2.12. The zero-order chi connectivity index (χ0) is 13.9. The number of nitrogens with one attached hydrogen (secondary N) is 1. The highest BCUT2D eigenvalue weighted by molar-refractivity contribution is 7.18. The summed E-state index contributed by atoms with van der Waals surface area (Å²) in [6.07, 6.45) is 2.61. The third-order valence-corrected chi connectivity index (χ3v) is 4.09. The molecule has 0 saturated carbocycles. The van der Waals surface area contributed by atoms with Crippen molar-refractivity contribution < 1.29 is 9.15 Å². The van der Waals surface area contributed by atoms with Crippen molar-refractivity contribution in [2.45, 2.75) is 20.0 Å². The molecule has 0 atom stereocenters. The van der Waals surface area contributed by atoms with Crippen LogP contribution in [0.15, 0.2) is 28.9 Å². The van der Waals surface area contributed by atoms with Gasteiger partial charge in [0.25, 0.3) is 0 Å². The summed E-state index contributed by atoms with van der Waals surface area (Å²) < 4.78 is 11.1. The van der Waals surface area contributed by atoms with Crippen LogP contribution in [0, 0.1) is 0 Å². The number of thiophene rings is 1. The first-order chi connectivity index (χ1) is 9.80. The molecule has 0 unspecified atom stereocenters. The monoisotopic (exact) mass is 289 g/mol. The first-order valence-corrected chi connectivity index (χ1v) is 7.25. The SMILES string of the molecule is CCc1cc2c(OCc3ccco3)nc(NC)nc2s1. The van der Waals surface area contributed by atoms with E-state index in [0.717, 1.165) is 22.4 Å². The number of ether oxygens (including phenoxy) is 1. The van der Waals surface area contributed by atoms with Gasteiger partial charge in [0.2, 0.25) is 11.8 Å². The molecule has 1 N–H and O–H groups in total. The zero-order valence-electron chi connectivity index (χ0n) is 11.3. The van der Waals surface area contributed by atoms with Crippen LogP contribution in [0.25, 0.3) is 10.2 Å². The average Bonchev–Trinajstić information content (AvgIpc) is 3.12. The maximum absolute atomic E-state index is 5.79. The van der Waals surface area contributed by atoms with Gasteiger partial charge in [-0.3, -0.25) is 0 Å². The highest BCUT2D eigenvalue weighted by Crippen LogP contribution is 2.32. The quantitative estimate of drug-likeness (QED) is 0.779. The number of aryl methyl sites for hydroxylation is 1. The topological polar surface area (TPSA) is 60.2 Å². The molecule has 0 saturated heterocycles. The minimum atomic E-state index is 0.361. The molecule has 0 spiro atoms. The van der Waals surface area contributed by atoms with Crippen molar-refractivity contribution in [1.82, 2.24) is 9.97 Å². The number of aromatic nitrogens is 2. The summed E-state index contributed by atoms with van der Waals surface area (Å²) in [7, 11) is 1.80. The van der Waals surface area contributed by atoms with Crippen molar-refractivity contribution in [2.24, 2.45) is 0 Å². The van der Waals surface area contributed by atoms with Gasteiger partial charge in [-0.15, -0.1) is 11.3 Å². The number of fused-ring (bicyclic) bond motifs is 1. The first-order valence-electron chi connectivity index (χ1n) is 6.43. The van der Waals surface area contributed by atoms with Crippen molar-refractivity contribution in [1.29, 1.82) is 0 Å². The van der Waals surface area contributed by atoms with Crippen molar-refractivity contribution in [3.05, 3.63) is 35.1 Å². The maximum Gasteiger partial charge on any atom is 0.227 e. The molecule has 0 amide bonds. The summed E-state index contributed by atoms with van der Waals surface area (Å²) >= 11 is 1.67. The predicted octanol–water partition coefficient (Wildman–Crippen LogP) is 3.47. The lowest BCUT2D eigenvalue weighted by atomic mass is 10.3. The van der Waals surface area contributed by atoms with Crippen molar-refractivity contribution in [3.63, 3.8) is 0 Å². The smallest absolute Gasteiger partial charge is 0.227 e. The number of nitrogens with zero attached hydrogens (tertiary/aromatic N) is 2. The summed E-state index contributed by atoms with van der Waals surface area (Å²) in [5.41, 5.74) is 0. The van der Waals surface area contributed by atoms with Crippen LogP contribution in [0.5, 0.6) is 5.88 Å². The third-order valence-electron chi connectivity index (χ3n) is 2.91. The fraction of sp³-hybridized carbons (Fsp3) is 0.286. The Morgan fingerprint density at radius 1 is 1.40 bits per heavy atom. The summed E-state index contributed by atoms with van der Waals surface area (Å²) in [5, 5.41) is 3.92. The van der Waals surface area contributed by atoms with Gasteiger partial charge in [-0.2, -0.15) is 4.98 Å². The van der Waals surface area contributed by atoms with Crippen LogP contribution < -0.4 is 10.1 Å². The molecule has 3 rings (SSSR count). The van der Waals surface area contributed by atoms with Crippen LogP contribution in [0.3, 0.4) is 0 Å². The van der Waals surface area contributed by atoms with Gasteiger partial charge in [0.15, 0.2) is 0 Å². The highest BCUT2D eigenvalue weighted by atomic mass is 32.1. The fourth-order valence-corrected chi connectivity index (χ4v) is 2.83. The Balaban J connectivity index is 1.96. The molecule has 0 aliphatic heterocycles. The molecule has 3 aromatic heterocycles. The summed E-state index contributed by atoms with van der Waals surface area (Å²) in [6, 6.07) is 5.81. The Morgan fingerprint density at radius 3 is 3.00 bits per heavy atom. The van der Waals surface area contributed by atoms with E-state index in [1.807, 2.05) is 12.1 Å². The van der Waals surface area contributed by atoms with E-state index in [1.54, 1.807) is 24.6 Å². The molecule has 0 fully saturated rings. The van der Waals surface area contributed by atoms with E-state index in [-0.39, 0.29) is 0 Å². The maximum atomic E-state index is 5.79. The summed E-state index contributed by atoms with van der Waals surface area (Å²) in [5.74, 6) is 1.93. The van der Waals surface area contributed by atoms with Crippen LogP contribution in [0.2, 0.25) is 0 Å². The second-order valence-electron chi connectivity index (χ2n) is 4.26. The molecule has 104 valence electrons. The number of hydrogen-bond donors (Lipinski definition) is 1. The Kier molecular flexibility index (Phi) is 3.56. The molecule has 0 aliphatic rings. The van der Waals surface area contributed by atoms with E-state index in [2.05, 4.69) is 28.3 Å². The van der Waals surface area contributed by atoms with Crippen LogP contribution >= 0.6 is 11.3 Å². The van der Waals surface area contributed by atoms with E-state index in [9.17, 15) is 0 Å². The van der Waals surface area contributed by atoms with E-state index in [0.29, 0.717) is 18.4 Å². The lowest BCUT2D eigenvalue weighted by Crippen LogP contribution is -2.01. The van der Waals surface area contributed by atoms with Gasteiger partial charge in [-0.05, 0) is 24.6 Å². The van der Waals surface area contributed by atoms with Gasteiger partial charge in [0.05, 0.1) is 11.6 Å². The van der Waals surface area contributed by atoms with Crippen LogP contribution in [-0.2, 0) is 13.0 Å². The summed E-state index contributed by atoms with van der Waals surface area (Å²) in [4.78, 5) is 11.1. The molecule has 0 aromatic carbocycles. The number of furan rings is 1. The first kappa shape index (κ1) is 12.9. The van der Waals surface area contributed by atoms with E-state index in [4.69, 9.17) is 9.15 Å². The largest absolute Gasteiger partial charge is 0.469 e. The molecule has 5 nitrogen and oxygen atoms in total. The minimum absolute atomic E-state index is 0.361. The Morgan fingerprint density at radius 2 is 2.30 bits per heavy atom. The number of anilines is 1. The third kappa shape index (κ3) is 2.46. The molecule has 20 heavy (non-hydrogen) atoms. The molecule has 3 heterocycles. The Labute approximate surface area is 120 Å². The molecule has 0 radical (unpaired) electrons. The van der Waals surface area contributed by atoms with Gasteiger partial charge < -0.3 is 14.5 Å². The van der Waals surface area contributed by atoms with E-state index >= 15 is 0 Å². The molecule has 6 heteroatoms. The van der Waals surface area contributed by atoms with Crippen LogP contribution in [-0.4, -0.2) is 17.0 Å². The van der Waals surface area contributed by atoms with E-state index < -0.39 is 0 Å². The average molecular weight is 289 g/mol. The van der Waals surface area contributed by atoms with Crippen LogP contribution in [0.4, 0.5) is 5.95 Å². The molecule has 3 aromatic rings. The predicted molar refractivity (Wildman–Crippen MR) is 79.4 cm³/mol. The molecule has 0 aliphatic carbocycles. The van der Waals surface area contributed by atoms with Gasteiger partial charge in [0.1, 0.15) is 17.2 Å². The standard InChI is InChI=1S/C14H15N3O2S/c1-3-10-7-11-12(19-8-9-5-4-6-18-9)16-14(15-2)17-13(11)20-10/h4-7H,3,8H2,1-2H3,(H,15,16,17). The van der Waals surface area contributed by atoms with Crippen LogP contribution in [0.1, 0.15) is 17.6 Å². The normalized spacial score (nSPS) is 10.9. The lowest BCUT2D eigenvalue weighted by molar-refractivity contribution is 0.264. The Hall–Kier alpha value is -2.08.